The van der Waals surface area contributed by atoms with Gasteiger partial charge >= 0.3 is 17.6 Å². The molecule has 6 aromatic rings. The van der Waals surface area contributed by atoms with Crippen LogP contribution in [0.4, 0.5) is 0 Å². The Balaban J connectivity index is 1.49. The van der Waals surface area contributed by atoms with E-state index in [9.17, 15) is 0 Å². The number of hydrogen-bond acceptors (Lipinski definition) is 12. The number of para-hydroxylation sites is 2. The van der Waals surface area contributed by atoms with Crippen LogP contribution in [0.15, 0.2) is 82.6 Å². The molecule has 14 heteroatoms. The maximum Gasteiger partial charge on any atom is 0.500 e. The molecule has 0 spiro atoms. The number of aromatic nitrogens is 2. The van der Waals surface area contributed by atoms with Crippen molar-refractivity contribution in [3.63, 3.8) is 0 Å². The SMILES string of the molecule is CO[Si](CCc1ccc(C)c(-c2nc3ccccc3s2)c1SSc1c(CC[Si](OC)(OC)OC)ccc(C)c1-c1nc2ccccc2s1)(OC)OC. The predicted molar refractivity (Wildman–Crippen MR) is 222 cm³/mol. The monoisotopic (exact) mass is 808 g/mol. The molecule has 0 fully saturated rings. The van der Waals surface area contributed by atoms with E-state index in [4.69, 9.17) is 36.5 Å². The number of rotatable bonds is 17. The number of fused-ring (bicyclic) bond motifs is 2. The standard InChI is InChI=1S/C38H44N2O6S4Si2/c1-25-17-19-27(21-23-51(41-3,42-4)43-5)35(33(25)37-39-29-13-9-11-15-31(29)47-37)49-50-36-28(22-24-52(44-6,45-7)46-8)20-18-26(2)34(36)38-40-30-14-10-12-16-32(30)48-38/h9-20H,21-24H2,1-8H3. The third-order valence-corrected chi connectivity index (χ3v) is 19.5. The zero-order valence-electron chi connectivity index (χ0n) is 30.7. The van der Waals surface area contributed by atoms with E-state index in [1.807, 2.05) is 12.1 Å². The largest absolute Gasteiger partial charge is 0.500 e. The van der Waals surface area contributed by atoms with Gasteiger partial charge < -0.3 is 26.6 Å². The molecule has 0 amide bonds. The van der Waals surface area contributed by atoms with Crippen molar-refractivity contribution in [2.45, 2.75) is 48.6 Å². The van der Waals surface area contributed by atoms with Crippen molar-refractivity contribution in [1.29, 1.82) is 0 Å². The van der Waals surface area contributed by atoms with Crippen LogP contribution < -0.4 is 0 Å². The zero-order valence-corrected chi connectivity index (χ0v) is 36.0. The Morgan fingerprint density at radius 2 is 0.885 bits per heavy atom. The van der Waals surface area contributed by atoms with Gasteiger partial charge in [-0.25, -0.2) is 9.97 Å². The highest BCUT2D eigenvalue weighted by Crippen LogP contribution is 2.51. The first kappa shape index (κ1) is 39.3. The Bertz CT molecular complexity index is 1920. The number of nitrogens with zero attached hydrogens (tertiary/aromatic N) is 2. The number of benzene rings is 4. The summed E-state index contributed by atoms with van der Waals surface area (Å²) in [5, 5.41) is 2.01. The van der Waals surface area contributed by atoms with E-state index in [1.165, 1.54) is 32.0 Å². The number of aryl methyl sites for hydroxylation is 4. The van der Waals surface area contributed by atoms with Gasteiger partial charge in [0.15, 0.2) is 0 Å². The molecule has 0 aliphatic heterocycles. The summed E-state index contributed by atoms with van der Waals surface area (Å²) in [6.07, 6.45) is 1.44. The minimum Gasteiger partial charge on any atom is -0.377 e. The molecule has 0 aliphatic carbocycles. The number of thiazole rings is 2. The van der Waals surface area contributed by atoms with Crippen molar-refractivity contribution in [2.75, 3.05) is 42.7 Å². The van der Waals surface area contributed by atoms with Gasteiger partial charge in [-0.05, 0) is 73.2 Å². The van der Waals surface area contributed by atoms with Gasteiger partial charge in [0.2, 0.25) is 0 Å². The lowest BCUT2D eigenvalue weighted by Gasteiger charge is -2.25. The summed E-state index contributed by atoms with van der Waals surface area (Å²) < 4.78 is 37.4. The molecule has 6 rings (SSSR count). The molecule has 8 nitrogen and oxygen atoms in total. The lowest BCUT2D eigenvalue weighted by atomic mass is 10.0. The minimum absolute atomic E-state index is 0.640. The molecule has 52 heavy (non-hydrogen) atoms. The fourth-order valence-electron chi connectivity index (χ4n) is 6.29. The Morgan fingerprint density at radius 1 is 0.519 bits per heavy atom. The van der Waals surface area contributed by atoms with Crippen LogP contribution in [0.2, 0.25) is 12.1 Å². The molecule has 0 aliphatic rings. The molecule has 0 N–H and O–H groups in total. The van der Waals surface area contributed by atoms with Crippen LogP contribution in [-0.2, 0) is 39.4 Å². The molecular weight excluding hydrogens is 765 g/mol. The van der Waals surface area contributed by atoms with Gasteiger partial charge in [-0.1, -0.05) is 70.1 Å². The highest BCUT2D eigenvalue weighted by molar-refractivity contribution is 8.76. The first-order chi connectivity index (χ1) is 25.2. The van der Waals surface area contributed by atoms with Crippen molar-refractivity contribution in [2.24, 2.45) is 0 Å². The van der Waals surface area contributed by atoms with E-state index in [0.29, 0.717) is 12.1 Å². The summed E-state index contributed by atoms with van der Waals surface area (Å²) in [7, 11) is 7.90. The third kappa shape index (κ3) is 8.14. The maximum atomic E-state index is 5.85. The van der Waals surface area contributed by atoms with Crippen LogP contribution >= 0.6 is 44.3 Å². The summed E-state index contributed by atoms with van der Waals surface area (Å²) in [6.45, 7) is 4.35. The fraction of sp³-hybridized carbons (Fsp3) is 0.316. The minimum atomic E-state index is -2.84. The molecular formula is C38H44N2O6S4Si2. The molecule has 0 saturated heterocycles. The van der Waals surface area contributed by atoms with Gasteiger partial charge in [0.05, 0.1) is 20.4 Å². The number of hydrogen-bond donors (Lipinski definition) is 0. The first-order valence-corrected chi connectivity index (χ1v) is 24.5. The Labute approximate surface area is 324 Å². The second kappa shape index (κ2) is 17.3. The second-order valence-corrected chi connectivity index (χ2v) is 22.6. The van der Waals surface area contributed by atoms with E-state index in [0.717, 1.165) is 54.4 Å². The first-order valence-electron chi connectivity index (χ1n) is 16.9. The molecule has 0 atom stereocenters. The average molecular weight is 809 g/mol. The summed E-state index contributed by atoms with van der Waals surface area (Å²) in [6, 6.07) is 26.8. The van der Waals surface area contributed by atoms with Crippen LogP contribution in [0.25, 0.3) is 41.6 Å². The van der Waals surface area contributed by atoms with Crippen LogP contribution in [0.5, 0.6) is 0 Å². The van der Waals surface area contributed by atoms with Crippen molar-refractivity contribution in [3.8, 4) is 21.1 Å². The van der Waals surface area contributed by atoms with E-state index < -0.39 is 17.6 Å². The van der Waals surface area contributed by atoms with Gasteiger partial charge in [-0.3, -0.25) is 0 Å². The van der Waals surface area contributed by atoms with Crippen molar-refractivity contribution >= 4 is 82.3 Å². The van der Waals surface area contributed by atoms with Gasteiger partial charge in [0.1, 0.15) is 10.0 Å². The average Bonchev–Trinajstić information content (AvgIpc) is 3.81. The summed E-state index contributed by atoms with van der Waals surface area (Å²) in [5.41, 5.74) is 9.04. The van der Waals surface area contributed by atoms with Crippen molar-refractivity contribution in [1.82, 2.24) is 9.97 Å². The van der Waals surface area contributed by atoms with Crippen molar-refractivity contribution in [3.05, 3.63) is 95.1 Å². The maximum absolute atomic E-state index is 5.85. The van der Waals surface area contributed by atoms with Crippen LogP contribution in [0.1, 0.15) is 22.3 Å². The molecule has 4 aromatic carbocycles. The molecule has 0 radical (unpaired) electrons. The third-order valence-electron chi connectivity index (χ3n) is 9.39. The summed E-state index contributed by atoms with van der Waals surface area (Å²) >= 11 is 3.46. The molecule has 0 saturated carbocycles. The zero-order chi connectivity index (χ0) is 36.9. The van der Waals surface area contributed by atoms with Crippen LogP contribution in [0, 0.1) is 13.8 Å². The van der Waals surface area contributed by atoms with Gasteiger partial charge in [0.25, 0.3) is 0 Å². The molecule has 2 aromatic heterocycles. The second-order valence-electron chi connectivity index (χ2n) is 12.2. The Hall–Kier alpha value is -2.45. The fourth-order valence-corrected chi connectivity index (χ4v) is 15.0. The summed E-state index contributed by atoms with van der Waals surface area (Å²) in [5.74, 6) is 0. The highest BCUT2D eigenvalue weighted by Gasteiger charge is 2.39. The van der Waals surface area contributed by atoms with Gasteiger partial charge in [-0.2, -0.15) is 0 Å². The van der Waals surface area contributed by atoms with E-state index >= 15 is 0 Å². The normalized spacial score (nSPS) is 12.4. The highest BCUT2D eigenvalue weighted by atomic mass is 33.1. The van der Waals surface area contributed by atoms with E-state index in [-0.39, 0.29) is 0 Å². The quantitative estimate of drug-likeness (QED) is 0.0656. The molecule has 0 unspecified atom stereocenters. The Morgan fingerprint density at radius 3 is 1.23 bits per heavy atom. The molecule has 2 heterocycles. The lowest BCUT2D eigenvalue weighted by molar-refractivity contribution is 0.123. The molecule has 274 valence electrons. The smallest absolute Gasteiger partial charge is 0.377 e. The van der Waals surface area contributed by atoms with Gasteiger partial charge in [-0.15, -0.1) is 22.7 Å². The molecule has 0 bridgehead atoms. The predicted octanol–water partition coefficient (Wildman–Crippen LogP) is 10.5. The van der Waals surface area contributed by atoms with Gasteiger partial charge in [0, 0.05) is 75.7 Å². The van der Waals surface area contributed by atoms with E-state index in [1.54, 1.807) is 86.9 Å². The van der Waals surface area contributed by atoms with Crippen molar-refractivity contribution < 1.29 is 26.6 Å². The van der Waals surface area contributed by atoms with Crippen LogP contribution in [0.3, 0.4) is 0 Å². The van der Waals surface area contributed by atoms with E-state index in [2.05, 4.69) is 74.5 Å². The topological polar surface area (TPSA) is 81.2 Å². The lowest BCUT2D eigenvalue weighted by Crippen LogP contribution is -2.43. The Kier molecular flexibility index (Phi) is 13.1. The summed E-state index contributed by atoms with van der Waals surface area (Å²) in [4.78, 5) is 12.6. The van der Waals surface area contributed by atoms with Crippen LogP contribution in [-0.4, -0.2) is 70.2 Å².